The van der Waals surface area contributed by atoms with Gasteiger partial charge in [0, 0.05) is 11.9 Å². The van der Waals surface area contributed by atoms with Gasteiger partial charge >= 0.3 is 0 Å². The molecule has 0 amide bonds. The summed E-state index contributed by atoms with van der Waals surface area (Å²) in [7, 11) is 1.68. The number of ether oxygens (including phenoxy) is 1. The van der Waals surface area contributed by atoms with Crippen molar-refractivity contribution in [2.45, 2.75) is 26.8 Å². The van der Waals surface area contributed by atoms with Gasteiger partial charge in [0.05, 0.1) is 7.11 Å². The zero-order valence-electron chi connectivity index (χ0n) is 9.73. The Balaban J connectivity index is 3.35. The SMILES string of the molecule is COc1cc(C)c(C(N)CCl)c(C)c1C. The van der Waals surface area contributed by atoms with Crippen LogP contribution in [-0.4, -0.2) is 13.0 Å². The van der Waals surface area contributed by atoms with E-state index in [0.29, 0.717) is 5.88 Å². The first-order valence-electron chi connectivity index (χ1n) is 4.99. The molecule has 1 rings (SSSR count). The molecule has 0 fully saturated rings. The van der Waals surface area contributed by atoms with Crippen LogP contribution in [0.5, 0.6) is 5.75 Å². The average molecular weight is 228 g/mol. The molecule has 0 heterocycles. The Labute approximate surface area is 96.4 Å². The van der Waals surface area contributed by atoms with Crippen LogP contribution >= 0.6 is 11.6 Å². The second-order valence-corrected chi connectivity index (χ2v) is 4.13. The minimum Gasteiger partial charge on any atom is -0.496 e. The normalized spacial score (nSPS) is 12.7. The van der Waals surface area contributed by atoms with Crippen molar-refractivity contribution >= 4 is 11.6 Å². The average Bonchev–Trinajstić information content (AvgIpc) is 2.23. The molecule has 0 aliphatic rings. The van der Waals surface area contributed by atoms with Gasteiger partial charge in [0.1, 0.15) is 5.75 Å². The van der Waals surface area contributed by atoms with Gasteiger partial charge in [-0.1, -0.05) is 0 Å². The number of benzene rings is 1. The van der Waals surface area contributed by atoms with Gasteiger partial charge in [-0.25, -0.2) is 0 Å². The van der Waals surface area contributed by atoms with Crippen molar-refractivity contribution in [2.24, 2.45) is 5.73 Å². The van der Waals surface area contributed by atoms with Gasteiger partial charge in [-0.3, -0.25) is 0 Å². The van der Waals surface area contributed by atoms with E-state index in [1.54, 1.807) is 7.11 Å². The number of nitrogens with two attached hydrogens (primary N) is 1. The Hall–Kier alpha value is -0.730. The molecule has 2 N–H and O–H groups in total. The smallest absolute Gasteiger partial charge is 0.122 e. The van der Waals surface area contributed by atoms with Gasteiger partial charge in [-0.05, 0) is 49.1 Å². The van der Waals surface area contributed by atoms with Gasteiger partial charge in [-0.15, -0.1) is 11.6 Å². The van der Waals surface area contributed by atoms with Crippen molar-refractivity contribution in [3.63, 3.8) is 0 Å². The number of rotatable bonds is 3. The van der Waals surface area contributed by atoms with E-state index in [1.807, 2.05) is 19.9 Å². The molecule has 0 saturated heterocycles. The highest BCUT2D eigenvalue weighted by Crippen LogP contribution is 2.30. The van der Waals surface area contributed by atoms with Crippen molar-refractivity contribution in [3.8, 4) is 5.75 Å². The first-order valence-corrected chi connectivity index (χ1v) is 5.52. The van der Waals surface area contributed by atoms with Crippen molar-refractivity contribution < 1.29 is 4.74 Å². The molecule has 0 aliphatic carbocycles. The van der Waals surface area contributed by atoms with Crippen molar-refractivity contribution in [1.29, 1.82) is 0 Å². The van der Waals surface area contributed by atoms with Crippen molar-refractivity contribution in [1.82, 2.24) is 0 Å². The fourth-order valence-electron chi connectivity index (χ4n) is 1.92. The van der Waals surface area contributed by atoms with Crippen LogP contribution in [-0.2, 0) is 0 Å². The Morgan fingerprint density at radius 2 is 1.93 bits per heavy atom. The Morgan fingerprint density at radius 3 is 2.40 bits per heavy atom. The Morgan fingerprint density at radius 1 is 1.33 bits per heavy atom. The van der Waals surface area contributed by atoms with Gasteiger partial charge < -0.3 is 10.5 Å². The van der Waals surface area contributed by atoms with E-state index in [9.17, 15) is 0 Å². The lowest BCUT2D eigenvalue weighted by molar-refractivity contribution is 0.410. The van der Waals surface area contributed by atoms with Gasteiger partial charge in [-0.2, -0.15) is 0 Å². The number of halogens is 1. The van der Waals surface area contributed by atoms with Crippen LogP contribution in [0, 0.1) is 20.8 Å². The van der Waals surface area contributed by atoms with Crippen LogP contribution in [0.15, 0.2) is 6.07 Å². The monoisotopic (exact) mass is 227 g/mol. The quantitative estimate of drug-likeness (QED) is 0.806. The van der Waals surface area contributed by atoms with E-state index in [1.165, 1.54) is 5.56 Å². The molecule has 15 heavy (non-hydrogen) atoms. The summed E-state index contributed by atoms with van der Waals surface area (Å²) in [6, 6.07) is 1.92. The van der Waals surface area contributed by atoms with Crippen LogP contribution in [0.2, 0.25) is 0 Å². The molecule has 0 spiro atoms. The molecule has 0 saturated carbocycles. The third-order valence-corrected chi connectivity index (χ3v) is 3.20. The van der Waals surface area contributed by atoms with E-state index in [-0.39, 0.29) is 6.04 Å². The lowest BCUT2D eigenvalue weighted by Gasteiger charge is -2.19. The highest BCUT2D eigenvalue weighted by atomic mass is 35.5. The maximum Gasteiger partial charge on any atom is 0.122 e. The Bertz CT molecular complexity index is 363. The number of alkyl halides is 1. The lowest BCUT2D eigenvalue weighted by Crippen LogP contribution is -2.15. The molecule has 0 aromatic heterocycles. The van der Waals surface area contributed by atoms with Crippen molar-refractivity contribution in [3.05, 3.63) is 28.3 Å². The predicted molar refractivity (Wildman–Crippen MR) is 64.9 cm³/mol. The third kappa shape index (κ3) is 2.27. The summed E-state index contributed by atoms with van der Waals surface area (Å²) in [5, 5.41) is 0. The first kappa shape index (κ1) is 12.3. The fourth-order valence-corrected chi connectivity index (χ4v) is 2.08. The lowest BCUT2D eigenvalue weighted by atomic mass is 9.93. The van der Waals surface area contributed by atoms with Crippen LogP contribution < -0.4 is 10.5 Å². The summed E-state index contributed by atoms with van der Waals surface area (Å²) in [4.78, 5) is 0. The fraction of sp³-hybridized carbons (Fsp3) is 0.500. The molecule has 2 nitrogen and oxygen atoms in total. The predicted octanol–water partition coefficient (Wildman–Crippen LogP) is 2.86. The van der Waals surface area contributed by atoms with Gasteiger partial charge in [0.2, 0.25) is 0 Å². The van der Waals surface area contributed by atoms with Crippen LogP contribution in [0.1, 0.15) is 28.3 Å². The standard InChI is InChI=1S/C12H18ClNO/c1-7-5-11(15-4)8(2)9(3)12(7)10(14)6-13/h5,10H,6,14H2,1-4H3. The summed E-state index contributed by atoms with van der Waals surface area (Å²) < 4.78 is 5.30. The molecule has 84 valence electrons. The minimum absolute atomic E-state index is 0.101. The molecular formula is C12H18ClNO. The van der Waals surface area contributed by atoms with E-state index in [0.717, 1.165) is 22.4 Å². The second-order valence-electron chi connectivity index (χ2n) is 3.82. The maximum atomic E-state index is 5.98. The second kappa shape index (κ2) is 4.86. The molecule has 1 atom stereocenters. The largest absolute Gasteiger partial charge is 0.496 e. The Kier molecular flexibility index (Phi) is 4.00. The summed E-state index contributed by atoms with van der Waals surface area (Å²) in [6.07, 6.45) is 0. The molecule has 0 aliphatic heterocycles. The van der Waals surface area contributed by atoms with Gasteiger partial charge in [0.15, 0.2) is 0 Å². The molecular weight excluding hydrogens is 210 g/mol. The number of hydrogen-bond acceptors (Lipinski definition) is 2. The first-order chi connectivity index (χ1) is 7.02. The minimum atomic E-state index is -0.101. The number of hydrogen-bond donors (Lipinski definition) is 1. The van der Waals surface area contributed by atoms with Crippen LogP contribution in [0.25, 0.3) is 0 Å². The summed E-state index contributed by atoms with van der Waals surface area (Å²) >= 11 is 5.80. The topological polar surface area (TPSA) is 35.2 Å². The highest BCUT2D eigenvalue weighted by molar-refractivity contribution is 6.18. The molecule has 0 radical (unpaired) electrons. The third-order valence-electron chi connectivity index (χ3n) is 2.87. The molecule has 1 unspecified atom stereocenters. The zero-order valence-corrected chi connectivity index (χ0v) is 10.5. The van der Waals surface area contributed by atoms with Crippen molar-refractivity contribution in [2.75, 3.05) is 13.0 Å². The zero-order chi connectivity index (χ0) is 11.6. The number of aryl methyl sites for hydroxylation is 1. The van der Waals surface area contributed by atoms with Crippen LogP contribution in [0.4, 0.5) is 0 Å². The molecule has 1 aromatic carbocycles. The van der Waals surface area contributed by atoms with E-state index >= 15 is 0 Å². The van der Waals surface area contributed by atoms with Gasteiger partial charge in [0.25, 0.3) is 0 Å². The molecule has 0 bridgehead atoms. The number of methoxy groups -OCH3 is 1. The van der Waals surface area contributed by atoms with E-state index in [4.69, 9.17) is 22.1 Å². The summed E-state index contributed by atoms with van der Waals surface area (Å²) in [5.74, 6) is 1.35. The van der Waals surface area contributed by atoms with Crippen LogP contribution in [0.3, 0.4) is 0 Å². The summed E-state index contributed by atoms with van der Waals surface area (Å²) in [5.41, 5.74) is 10.6. The van der Waals surface area contributed by atoms with E-state index in [2.05, 4.69) is 6.92 Å². The highest BCUT2D eigenvalue weighted by Gasteiger charge is 2.15. The summed E-state index contributed by atoms with van der Waals surface area (Å²) in [6.45, 7) is 6.14. The van der Waals surface area contributed by atoms with E-state index < -0.39 is 0 Å². The maximum absolute atomic E-state index is 5.98. The molecule has 1 aromatic rings. The molecule has 3 heteroatoms.